The van der Waals surface area contributed by atoms with Crippen molar-refractivity contribution in [3.63, 3.8) is 0 Å². The highest BCUT2D eigenvalue weighted by Crippen LogP contribution is 2.40. The van der Waals surface area contributed by atoms with Gasteiger partial charge in [0, 0.05) is 0 Å². The number of hydrogen-bond donors (Lipinski definition) is 1. The number of benzene rings is 1. The first-order valence-electron chi connectivity index (χ1n) is 5.33. The second-order valence-electron chi connectivity index (χ2n) is 4.61. The molecule has 5 heteroatoms. The van der Waals surface area contributed by atoms with Crippen LogP contribution in [-0.4, -0.2) is 11.3 Å². The van der Waals surface area contributed by atoms with Crippen molar-refractivity contribution in [2.45, 2.75) is 25.3 Å². The molecule has 2 rings (SSSR count). The van der Waals surface area contributed by atoms with Crippen LogP contribution in [0, 0.1) is 23.4 Å². The van der Waals surface area contributed by atoms with Crippen molar-refractivity contribution in [3.05, 3.63) is 35.1 Å². The second-order valence-corrected chi connectivity index (χ2v) is 4.61. The maximum absolute atomic E-state index is 13.4. The summed E-state index contributed by atoms with van der Waals surface area (Å²) in [4.78, 5) is 12.0. The van der Waals surface area contributed by atoms with E-state index in [-0.39, 0.29) is 5.92 Å². The minimum atomic E-state index is -1.64. The molecule has 0 heterocycles. The van der Waals surface area contributed by atoms with Gasteiger partial charge in [-0.15, -0.1) is 0 Å². The zero-order valence-electron chi connectivity index (χ0n) is 9.27. The SMILES string of the molecule is CC(N)(C(=O)c1ccc(F)c(F)c1F)C1CC1. The zero-order valence-corrected chi connectivity index (χ0v) is 9.27. The number of Topliss-reactive ketones (excluding diaryl/α,β-unsaturated/α-hetero) is 1. The summed E-state index contributed by atoms with van der Waals surface area (Å²) in [7, 11) is 0. The number of carbonyl (C=O) groups excluding carboxylic acids is 1. The van der Waals surface area contributed by atoms with Crippen LogP contribution in [-0.2, 0) is 0 Å². The summed E-state index contributed by atoms with van der Waals surface area (Å²) in [6, 6.07) is 1.66. The maximum atomic E-state index is 13.4. The number of nitrogens with two attached hydrogens (primary N) is 1. The fourth-order valence-electron chi connectivity index (χ4n) is 1.86. The Hall–Kier alpha value is -1.36. The van der Waals surface area contributed by atoms with Crippen LogP contribution >= 0.6 is 0 Å². The Labute approximate surface area is 96.6 Å². The third kappa shape index (κ3) is 1.95. The number of ketones is 1. The molecular formula is C12H12F3NO. The van der Waals surface area contributed by atoms with E-state index in [1.807, 2.05) is 0 Å². The molecule has 0 aromatic heterocycles. The molecule has 2 nitrogen and oxygen atoms in total. The van der Waals surface area contributed by atoms with Crippen molar-refractivity contribution >= 4 is 5.78 Å². The van der Waals surface area contributed by atoms with Gasteiger partial charge in [0.1, 0.15) is 0 Å². The molecule has 0 amide bonds. The van der Waals surface area contributed by atoms with Gasteiger partial charge < -0.3 is 5.73 Å². The Balaban J connectivity index is 2.41. The van der Waals surface area contributed by atoms with E-state index in [2.05, 4.69) is 0 Å². The van der Waals surface area contributed by atoms with E-state index in [4.69, 9.17) is 5.73 Å². The summed E-state index contributed by atoms with van der Waals surface area (Å²) in [6.07, 6.45) is 1.59. The summed E-state index contributed by atoms with van der Waals surface area (Å²) in [5, 5.41) is 0. The lowest BCUT2D eigenvalue weighted by Gasteiger charge is -2.22. The Bertz CT molecular complexity index is 481. The zero-order chi connectivity index (χ0) is 12.8. The van der Waals surface area contributed by atoms with Gasteiger partial charge in [-0.3, -0.25) is 4.79 Å². The van der Waals surface area contributed by atoms with Crippen LogP contribution in [0.2, 0.25) is 0 Å². The Morgan fingerprint density at radius 2 is 1.88 bits per heavy atom. The van der Waals surface area contributed by atoms with Gasteiger partial charge in [-0.1, -0.05) is 0 Å². The van der Waals surface area contributed by atoms with Crippen molar-refractivity contribution in [2.24, 2.45) is 11.7 Å². The molecule has 0 spiro atoms. The summed E-state index contributed by atoms with van der Waals surface area (Å²) in [5.74, 6) is -5.11. The molecule has 1 aromatic rings. The molecule has 92 valence electrons. The predicted octanol–water partition coefficient (Wildman–Crippen LogP) is 2.41. The van der Waals surface area contributed by atoms with E-state index >= 15 is 0 Å². The first-order valence-corrected chi connectivity index (χ1v) is 5.33. The van der Waals surface area contributed by atoms with Crippen molar-refractivity contribution in [2.75, 3.05) is 0 Å². The number of hydrogen-bond acceptors (Lipinski definition) is 2. The lowest BCUT2D eigenvalue weighted by Crippen LogP contribution is -2.47. The average molecular weight is 243 g/mol. The predicted molar refractivity (Wildman–Crippen MR) is 56.0 cm³/mol. The van der Waals surface area contributed by atoms with Crippen LogP contribution in [0.25, 0.3) is 0 Å². The van der Waals surface area contributed by atoms with Crippen LogP contribution in [0.3, 0.4) is 0 Å². The third-order valence-corrected chi connectivity index (χ3v) is 3.19. The first-order chi connectivity index (χ1) is 7.85. The molecule has 0 bridgehead atoms. The summed E-state index contributed by atoms with van der Waals surface area (Å²) in [6.45, 7) is 1.49. The molecular weight excluding hydrogens is 231 g/mol. The van der Waals surface area contributed by atoms with Gasteiger partial charge in [0.15, 0.2) is 23.2 Å². The lowest BCUT2D eigenvalue weighted by molar-refractivity contribution is 0.0877. The molecule has 0 saturated heterocycles. The molecule has 1 aliphatic rings. The number of rotatable bonds is 3. The minimum Gasteiger partial charge on any atom is -0.319 e. The summed E-state index contributed by atoms with van der Waals surface area (Å²) >= 11 is 0. The summed E-state index contributed by atoms with van der Waals surface area (Å²) < 4.78 is 39.2. The normalized spacial score (nSPS) is 18.9. The van der Waals surface area contributed by atoms with E-state index in [9.17, 15) is 18.0 Å². The summed E-state index contributed by atoms with van der Waals surface area (Å²) in [5.41, 5.74) is 4.12. The van der Waals surface area contributed by atoms with Gasteiger partial charge in [0.05, 0.1) is 11.1 Å². The van der Waals surface area contributed by atoms with Crippen molar-refractivity contribution in [1.82, 2.24) is 0 Å². The molecule has 1 atom stereocenters. The molecule has 2 N–H and O–H groups in total. The average Bonchev–Trinajstić information content (AvgIpc) is 3.09. The van der Waals surface area contributed by atoms with Gasteiger partial charge in [0.2, 0.25) is 0 Å². The van der Waals surface area contributed by atoms with Crippen molar-refractivity contribution in [1.29, 1.82) is 0 Å². The first kappa shape index (κ1) is 12.1. The third-order valence-electron chi connectivity index (χ3n) is 3.19. The molecule has 1 aromatic carbocycles. The van der Waals surface area contributed by atoms with Crippen LogP contribution in [0.15, 0.2) is 12.1 Å². The van der Waals surface area contributed by atoms with Crippen LogP contribution < -0.4 is 5.73 Å². The smallest absolute Gasteiger partial charge is 0.195 e. The molecule has 0 radical (unpaired) electrons. The van der Waals surface area contributed by atoms with Gasteiger partial charge in [-0.25, -0.2) is 13.2 Å². The maximum Gasteiger partial charge on any atom is 0.195 e. The van der Waals surface area contributed by atoms with Crippen molar-refractivity contribution < 1.29 is 18.0 Å². The molecule has 1 fully saturated rings. The second kappa shape index (κ2) is 3.84. The van der Waals surface area contributed by atoms with Gasteiger partial charge >= 0.3 is 0 Å². The quantitative estimate of drug-likeness (QED) is 0.654. The highest BCUT2D eigenvalue weighted by molar-refractivity contribution is 6.03. The molecule has 17 heavy (non-hydrogen) atoms. The Morgan fingerprint density at radius 3 is 2.41 bits per heavy atom. The molecule has 0 aliphatic heterocycles. The van der Waals surface area contributed by atoms with Gasteiger partial charge in [-0.05, 0) is 37.8 Å². The highest BCUT2D eigenvalue weighted by atomic mass is 19.2. The highest BCUT2D eigenvalue weighted by Gasteiger charge is 2.45. The monoisotopic (exact) mass is 243 g/mol. The molecule has 1 unspecified atom stereocenters. The van der Waals surface area contributed by atoms with Crippen molar-refractivity contribution in [3.8, 4) is 0 Å². The Morgan fingerprint density at radius 1 is 1.29 bits per heavy atom. The fourth-order valence-corrected chi connectivity index (χ4v) is 1.86. The molecule has 1 aliphatic carbocycles. The molecule has 1 saturated carbocycles. The fraction of sp³-hybridized carbons (Fsp3) is 0.417. The van der Waals surface area contributed by atoms with Crippen LogP contribution in [0.5, 0.6) is 0 Å². The van der Waals surface area contributed by atoms with E-state index in [1.54, 1.807) is 0 Å². The van der Waals surface area contributed by atoms with Crippen LogP contribution in [0.4, 0.5) is 13.2 Å². The van der Waals surface area contributed by atoms with Crippen LogP contribution in [0.1, 0.15) is 30.1 Å². The topological polar surface area (TPSA) is 43.1 Å². The largest absolute Gasteiger partial charge is 0.319 e. The van der Waals surface area contributed by atoms with Gasteiger partial charge in [0.25, 0.3) is 0 Å². The van der Waals surface area contributed by atoms with E-state index in [1.165, 1.54) is 6.92 Å². The van der Waals surface area contributed by atoms with E-state index < -0.39 is 34.3 Å². The lowest BCUT2D eigenvalue weighted by atomic mass is 9.87. The Kier molecular flexibility index (Phi) is 2.73. The van der Waals surface area contributed by atoms with Gasteiger partial charge in [-0.2, -0.15) is 0 Å². The van der Waals surface area contributed by atoms with E-state index in [0.29, 0.717) is 0 Å². The minimum absolute atomic E-state index is 0.0116. The standard InChI is InChI=1S/C12H12F3NO/c1-12(16,6-2-3-6)11(17)7-4-5-8(13)10(15)9(7)14/h4-6H,2-3,16H2,1H3. The van der Waals surface area contributed by atoms with E-state index in [0.717, 1.165) is 25.0 Å². The number of carbonyl (C=O) groups is 1. The number of halogens is 3.